The number of allylic oxidation sites excluding steroid dienone is 6. The minimum absolute atomic E-state index is 0.922. The second-order valence-electron chi connectivity index (χ2n) is 6.32. The third-order valence-electron chi connectivity index (χ3n) is 4.79. The van der Waals surface area contributed by atoms with Gasteiger partial charge < -0.3 is 4.57 Å². The van der Waals surface area contributed by atoms with Gasteiger partial charge in [0.25, 0.3) is 0 Å². The lowest BCUT2D eigenvalue weighted by molar-refractivity contribution is 1.12. The van der Waals surface area contributed by atoms with Crippen molar-refractivity contribution in [2.75, 3.05) is 0 Å². The molecule has 24 heavy (non-hydrogen) atoms. The van der Waals surface area contributed by atoms with Crippen LogP contribution in [0.4, 0.5) is 0 Å². The molecule has 0 fully saturated rings. The van der Waals surface area contributed by atoms with Crippen LogP contribution < -0.4 is 0 Å². The molecule has 0 unspecified atom stereocenters. The monoisotopic (exact) mass is 311 g/mol. The van der Waals surface area contributed by atoms with Crippen LogP contribution >= 0.6 is 0 Å². The molecule has 1 aliphatic rings. The standard InChI is InChI=1S/C21H17N3/c1-14-5-4-6-15(10-9-14)24-19-8-3-2-7-16(19)21-17-13-22-23-18(17)11-12-20(21)24/h2-5,7-13H,6H2,1H3,(H,22,23). The smallest absolute Gasteiger partial charge is 0.0658 e. The predicted molar refractivity (Wildman–Crippen MR) is 101 cm³/mol. The van der Waals surface area contributed by atoms with Crippen LogP contribution in [0.25, 0.3) is 38.4 Å². The maximum absolute atomic E-state index is 4.24. The fourth-order valence-electron chi connectivity index (χ4n) is 3.68. The summed E-state index contributed by atoms with van der Waals surface area (Å²) in [5.41, 5.74) is 6.13. The van der Waals surface area contributed by atoms with E-state index < -0.39 is 0 Å². The molecule has 3 nitrogen and oxygen atoms in total. The molecule has 0 saturated heterocycles. The zero-order valence-electron chi connectivity index (χ0n) is 13.5. The third kappa shape index (κ3) is 1.81. The first kappa shape index (κ1) is 13.4. The molecule has 0 amide bonds. The number of hydrogen-bond acceptors (Lipinski definition) is 1. The van der Waals surface area contributed by atoms with E-state index in [0.717, 1.165) is 11.9 Å². The quantitative estimate of drug-likeness (QED) is 0.500. The van der Waals surface area contributed by atoms with Gasteiger partial charge in [-0.3, -0.25) is 5.10 Å². The van der Waals surface area contributed by atoms with E-state index in [1.807, 2.05) is 6.20 Å². The van der Waals surface area contributed by atoms with Crippen LogP contribution in [0.15, 0.2) is 72.5 Å². The molecule has 0 spiro atoms. The normalized spacial score (nSPS) is 15.0. The van der Waals surface area contributed by atoms with E-state index in [9.17, 15) is 0 Å². The van der Waals surface area contributed by atoms with Crippen LogP contribution in [0.2, 0.25) is 0 Å². The number of aromatic amines is 1. The topological polar surface area (TPSA) is 33.6 Å². The van der Waals surface area contributed by atoms with Crippen molar-refractivity contribution in [3.63, 3.8) is 0 Å². The SMILES string of the molecule is CC1=CC=C(n2c3ccccc3c3c4cn[nH]c4ccc32)CC=C1. The van der Waals surface area contributed by atoms with Crippen LogP contribution in [-0.4, -0.2) is 14.8 Å². The molecule has 116 valence electrons. The number of hydrogen-bond donors (Lipinski definition) is 1. The van der Waals surface area contributed by atoms with Crippen LogP contribution in [0.1, 0.15) is 13.3 Å². The fourth-order valence-corrected chi connectivity index (χ4v) is 3.68. The highest BCUT2D eigenvalue weighted by molar-refractivity contribution is 6.21. The van der Waals surface area contributed by atoms with E-state index in [4.69, 9.17) is 0 Å². The largest absolute Gasteiger partial charge is 0.313 e. The highest BCUT2D eigenvalue weighted by atomic mass is 15.1. The average molecular weight is 311 g/mol. The molecule has 1 aliphatic carbocycles. The second kappa shape index (κ2) is 4.96. The number of H-pyrrole nitrogens is 1. The van der Waals surface area contributed by atoms with Crippen molar-refractivity contribution in [3.05, 3.63) is 72.5 Å². The number of para-hydroxylation sites is 1. The van der Waals surface area contributed by atoms with Crippen molar-refractivity contribution >= 4 is 38.4 Å². The first-order valence-electron chi connectivity index (χ1n) is 8.22. The van der Waals surface area contributed by atoms with Gasteiger partial charge in [0.1, 0.15) is 0 Å². The zero-order valence-corrected chi connectivity index (χ0v) is 13.5. The molecular formula is C21H17N3. The molecule has 0 saturated carbocycles. The molecule has 1 N–H and O–H groups in total. The third-order valence-corrected chi connectivity index (χ3v) is 4.79. The zero-order chi connectivity index (χ0) is 16.1. The Kier molecular flexibility index (Phi) is 2.77. The van der Waals surface area contributed by atoms with E-state index >= 15 is 0 Å². The van der Waals surface area contributed by atoms with E-state index in [1.54, 1.807) is 0 Å². The van der Waals surface area contributed by atoms with Crippen molar-refractivity contribution < 1.29 is 0 Å². The van der Waals surface area contributed by atoms with Crippen molar-refractivity contribution in [1.82, 2.24) is 14.8 Å². The molecule has 4 aromatic rings. The Labute approximate surface area is 139 Å². The molecule has 2 heterocycles. The first-order valence-corrected chi connectivity index (χ1v) is 8.22. The van der Waals surface area contributed by atoms with Gasteiger partial charge in [-0.05, 0) is 31.2 Å². The molecule has 2 aromatic heterocycles. The van der Waals surface area contributed by atoms with Gasteiger partial charge >= 0.3 is 0 Å². The lowest BCUT2D eigenvalue weighted by atomic mass is 10.1. The molecule has 3 heteroatoms. The number of fused-ring (bicyclic) bond motifs is 5. The number of rotatable bonds is 1. The van der Waals surface area contributed by atoms with Gasteiger partial charge in [0.05, 0.1) is 22.7 Å². The molecule has 0 atom stereocenters. The maximum atomic E-state index is 4.24. The van der Waals surface area contributed by atoms with Crippen LogP contribution in [-0.2, 0) is 0 Å². The van der Waals surface area contributed by atoms with Crippen LogP contribution in [0.5, 0.6) is 0 Å². The molecule has 0 bridgehead atoms. The summed E-state index contributed by atoms with van der Waals surface area (Å²) in [5, 5.41) is 11.0. The Hall–Kier alpha value is -3.07. The fraction of sp³-hybridized carbons (Fsp3) is 0.0952. The summed E-state index contributed by atoms with van der Waals surface area (Å²) in [6, 6.07) is 12.9. The molecule has 5 rings (SSSR count). The van der Waals surface area contributed by atoms with Crippen molar-refractivity contribution in [2.45, 2.75) is 13.3 Å². The highest BCUT2D eigenvalue weighted by Crippen LogP contribution is 2.36. The van der Waals surface area contributed by atoms with Crippen LogP contribution in [0.3, 0.4) is 0 Å². The average Bonchev–Trinajstić information content (AvgIpc) is 3.13. The minimum atomic E-state index is 0.922. The number of nitrogens with zero attached hydrogens (tertiary/aromatic N) is 2. The molecule has 0 radical (unpaired) electrons. The van der Waals surface area contributed by atoms with Gasteiger partial charge in [-0.25, -0.2) is 0 Å². The van der Waals surface area contributed by atoms with Crippen molar-refractivity contribution in [1.29, 1.82) is 0 Å². The first-order chi connectivity index (χ1) is 11.8. The minimum Gasteiger partial charge on any atom is -0.313 e. The van der Waals surface area contributed by atoms with Gasteiger partial charge in [0, 0.05) is 28.3 Å². The van der Waals surface area contributed by atoms with Gasteiger partial charge in [0.2, 0.25) is 0 Å². The Morgan fingerprint density at radius 1 is 1.00 bits per heavy atom. The number of aromatic nitrogens is 3. The summed E-state index contributed by atoms with van der Waals surface area (Å²) in [7, 11) is 0. The van der Waals surface area contributed by atoms with E-state index in [2.05, 4.69) is 82.4 Å². The number of benzene rings is 2. The van der Waals surface area contributed by atoms with Crippen molar-refractivity contribution in [3.8, 4) is 0 Å². The Bertz CT molecular complexity index is 1180. The Morgan fingerprint density at radius 3 is 2.88 bits per heavy atom. The second-order valence-corrected chi connectivity index (χ2v) is 6.32. The highest BCUT2D eigenvalue weighted by Gasteiger charge is 2.16. The Balaban J connectivity index is 1.95. The Morgan fingerprint density at radius 2 is 1.92 bits per heavy atom. The van der Waals surface area contributed by atoms with Gasteiger partial charge in [-0.15, -0.1) is 0 Å². The maximum Gasteiger partial charge on any atom is 0.0658 e. The van der Waals surface area contributed by atoms with Crippen LogP contribution in [0, 0.1) is 0 Å². The van der Waals surface area contributed by atoms with E-state index in [-0.39, 0.29) is 0 Å². The van der Waals surface area contributed by atoms with E-state index in [1.165, 1.54) is 38.5 Å². The van der Waals surface area contributed by atoms with E-state index in [0.29, 0.717) is 0 Å². The number of nitrogens with one attached hydrogen (secondary N) is 1. The summed E-state index contributed by atoms with van der Waals surface area (Å²) < 4.78 is 2.39. The molecule has 0 aliphatic heterocycles. The summed E-state index contributed by atoms with van der Waals surface area (Å²) in [4.78, 5) is 0. The lowest BCUT2D eigenvalue weighted by Crippen LogP contribution is -1.95. The lowest BCUT2D eigenvalue weighted by Gasteiger charge is -2.10. The summed E-state index contributed by atoms with van der Waals surface area (Å²) in [6.07, 6.45) is 11.7. The summed E-state index contributed by atoms with van der Waals surface area (Å²) in [5.74, 6) is 0. The molecular weight excluding hydrogens is 294 g/mol. The van der Waals surface area contributed by atoms with Crippen molar-refractivity contribution in [2.24, 2.45) is 0 Å². The predicted octanol–water partition coefficient (Wildman–Crippen LogP) is 5.42. The van der Waals surface area contributed by atoms with Gasteiger partial charge in [-0.1, -0.05) is 42.0 Å². The molecule has 2 aromatic carbocycles. The van der Waals surface area contributed by atoms with Gasteiger partial charge in [0.15, 0.2) is 0 Å². The van der Waals surface area contributed by atoms with Gasteiger partial charge in [-0.2, -0.15) is 5.10 Å². The summed E-state index contributed by atoms with van der Waals surface area (Å²) in [6.45, 7) is 2.14. The summed E-state index contributed by atoms with van der Waals surface area (Å²) >= 11 is 0.